The standard InChI is InChI=1S/C13H15BrF3NO/c1-2-11(14)6-7-18-12(19)9-4-3-5-10(8-9)13(15,16)17/h3-5,8,11H,2,6-7H2,1H3,(H,18,19). The molecule has 1 N–H and O–H groups in total. The second kappa shape index (κ2) is 6.93. The normalized spacial score (nSPS) is 13.1. The van der Waals surface area contributed by atoms with Gasteiger partial charge in [0.25, 0.3) is 5.91 Å². The van der Waals surface area contributed by atoms with Gasteiger partial charge in [0, 0.05) is 16.9 Å². The van der Waals surface area contributed by atoms with E-state index < -0.39 is 17.6 Å². The van der Waals surface area contributed by atoms with Crippen molar-refractivity contribution in [1.82, 2.24) is 5.32 Å². The Balaban J connectivity index is 2.63. The van der Waals surface area contributed by atoms with E-state index in [1.54, 1.807) is 0 Å². The molecular formula is C13H15BrF3NO. The molecule has 0 radical (unpaired) electrons. The fourth-order valence-corrected chi connectivity index (χ4v) is 1.71. The summed E-state index contributed by atoms with van der Waals surface area (Å²) in [6.07, 6.45) is -2.76. The van der Waals surface area contributed by atoms with E-state index in [2.05, 4.69) is 21.2 Å². The van der Waals surface area contributed by atoms with E-state index in [0.717, 1.165) is 25.0 Å². The summed E-state index contributed by atoms with van der Waals surface area (Å²) in [6, 6.07) is 4.41. The summed E-state index contributed by atoms with van der Waals surface area (Å²) in [5.41, 5.74) is -0.787. The summed E-state index contributed by atoms with van der Waals surface area (Å²) in [6.45, 7) is 2.44. The number of benzene rings is 1. The third kappa shape index (κ3) is 5.22. The molecule has 0 saturated carbocycles. The summed E-state index contributed by atoms with van der Waals surface area (Å²) in [4.78, 5) is 12.0. The van der Waals surface area contributed by atoms with Gasteiger partial charge in [-0.15, -0.1) is 0 Å². The number of halogens is 4. The SMILES string of the molecule is CCC(Br)CCNC(=O)c1cccc(C(F)(F)F)c1. The van der Waals surface area contributed by atoms with E-state index in [-0.39, 0.29) is 5.56 Å². The lowest BCUT2D eigenvalue weighted by molar-refractivity contribution is -0.137. The molecule has 19 heavy (non-hydrogen) atoms. The molecule has 0 aromatic heterocycles. The molecule has 0 bridgehead atoms. The molecular weight excluding hydrogens is 323 g/mol. The van der Waals surface area contributed by atoms with Crippen LogP contribution in [0.2, 0.25) is 0 Å². The highest BCUT2D eigenvalue weighted by Gasteiger charge is 2.30. The molecule has 6 heteroatoms. The molecule has 0 aliphatic heterocycles. The molecule has 1 atom stereocenters. The minimum atomic E-state index is -4.43. The van der Waals surface area contributed by atoms with Gasteiger partial charge >= 0.3 is 6.18 Å². The molecule has 1 aromatic carbocycles. The van der Waals surface area contributed by atoms with Crippen LogP contribution in [0.3, 0.4) is 0 Å². The van der Waals surface area contributed by atoms with Crippen LogP contribution in [0.5, 0.6) is 0 Å². The second-order valence-corrected chi connectivity index (χ2v) is 5.42. The average molecular weight is 338 g/mol. The lowest BCUT2D eigenvalue weighted by Crippen LogP contribution is -2.26. The van der Waals surface area contributed by atoms with Crippen LogP contribution in [0.25, 0.3) is 0 Å². The summed E-state index contributed by atoms with van der Waals surface area (Å²) in [5.74, 6) is -0.484. The zero-order valence-electron chi connectivity index (χ0n) is 10.4. The lowest BCUT2D eigenvalue weighted by atomic mass is 10.1. The fraction of sp³-hybridized carbons (Fsp3) is 0.462. The number of nitrogens with one attached hydrogen (secondary N) is 1. The van der Waals surface area contributed by atoms with Gasteiger partial charge in [-0.25, -0.2) is 0 Å². The number of carbonyl (C=O) groups is 1. The largest absolute Gasteiger partial charge is 0.416 e. The average Bonchev–Trinajstić information content (AvgIpc) is 2.37. The number of hydrogen-bond donors (Lipinski definition) is 1. The van der Waals surface area contributed by atoms with E-state index in [1.807, 2.05) is 6.92 Å². The number of hydrogen-bond acceptors (Lipinski definition) is 1. The van der Waals surface area contributed by atoms with Crippen LogP contribution in [0, 0.1) is 0 Å². The van der Waals surface area contributed by atoms with Gasteiger partial charge in [0.15, 0.2) is 0 Å². The van der Waals surface area contributed by atoms with Crippen molar-refractivity contribution in [2.45, 2.75) is 30.8 Å². The molecule has 0 fully saturated rings. The number of alkyl halides is 4. The molecule has 0 spiro atoms. The van der Waals surface area contributed by atoms with Gasteiger partial charge in [-0.3, -0.25) is 4.79 Å². The molecule has 0 aliphatic carbocycles. The minimum Gasteiger partial charge on any atom is -0.352 e. The molecule has 1 rings (SSSR count). The Labute approximate surface area is 118 Å². The highest BCUT2D eigenvalue weighted by atomic mass is 79.9. The Morgan fingerprint density at radius 2 is 2.11 bits per heavy atom. The number of amides is 1. The monoisotopic (exact) mass is 337 g/mol. The first-order valence-electron chi connectivity index (χ1n) is 5.94. The molecule has 2 nitrogen and oxygen atoms in total. The Kier molecular flexibility index (Phi) is 5.85. The Morgan fingerprint density at radius 1 is 1.42 bits per heavy atom. The van der Waals surface area contributed by atoms with Crippen LogP contribution in [-0.2, 0) is 6.18 Å². The molecule has 106 valence electrons. The van der Waals surface area contributed by atoms with Crippen molar-refractivity contribution in [2.24, 2.45) is 0 Å². The fourth-order valence-electron chi connectivity index (χ4n) is 1.49. The van der Waals surface area contributed by atoms with Crippen molar-refractivity contribution in [3.8, 4) is 0 Å². The molecule has 1 aromatic rings. The van der Waals surface area contributed by atoms with Crippen LogP contribution in [0.1, 0.15) is 35.7 Å². The maximum Gasteiger partial charge on any atom is 0.416 e. The third-order valence-electron chi connectivity index (χ3n) is 2.64. The number of rotatable bonds is 5. The molecule has 0 heterocycles. The van der Waals surface area contributed by atoms with Crippen molar-refractivity contribution in [2.75, 3.05) is 6.54 Å². The summed E-state index contributed by atoms with van der Waals surface area (Å²) in [5, 5.41) is 2.61. The van der Waals surface area contributed by atoms with E-state index in [0.29, 0.717) is 11.4 Å². The molecule has 0 aliphatic rings. The van der Waals surface area contributed by atoms with Gasteiger partial charge in [-0.05, 0) is 31.0 Å². The van der Waals surface area contributed by atoms with Gasteiger partial charge in [0.05, 0.1) is 5.56 Å². The maximum absolute atomic E-state index is 12.5. The predicted octanol–water partition coefficient (Wildman–Crippen LogP) is 4.00. The highest BCUT2D eigenvalue weighted by Crippen LogP contribution is 2.29. The Hall–Kier alpha value is -1.04. The first-order valence-corrected chi connectivity index (χ1v) is 6.85. The van der Waals surface area contributed by atoms with Crippen LogP contribution >= 0.6 is 15.9 Å². The van der Waals surface area contributed by atoms with Crippen LogP contribution < -0.4 is 5.32 Å². The minimum absolute atomic E-state index is 0.0254. The van der Waals surface area contributed by atoms with Gasteiger partial charge < -0.3 is 5.32 Å². The summed E-state index contributed by atoms with van der Waals surface area (Å²) >= 11 is 3.42. The zero-order valence-corrected chi connectivity index (χ0v) is 12.0. The van der Waals surface area contributed by atoms with Crippen LogP contribution in [0.4, 0.5) is 13.2 Å². The van der Waals surface area contributed by atoms with Gasteiger partial charge in [0.2, 0.25) is 0 Å². The van der Waals surface area contributed by atoms with Crippen molar-refractivity contribution in [3.63, 3.8) is 0 Å². The van der Waals surface area contributed by atoms with Crippen molar-refractivity contribution in [1.29, 1.82) is 0 Å². The predicted molar refractivity (Wildman–Crippen MR) is 71.4 cm³/mol. The smallest absolute Gasteiger partial charge is 0.352 e. The van der Waals surface area contributed by atoms with E-state index in [9.17, 15) is 18.0 Å². The third-order valence-corrected chi connectivity index (χ3v) is 3.74. The zero-order chi connectivity index (χ0) is 14.5. The molecule has 1 unspecified atom stereocenters. The summed E-state index contributed by atoms with van der Waals surface area (Å²) in [7, 11) is 0. The van der Waals surface area contributed by atoms with Gasteiger partial charge in [-0.2, -0.15) is 13.2 Å². The van der Waals surface area contributed by atoms with E-state index in [4.69, 9.17) is 0 Å². The number of carbonyl (C=O) groups excluding carboxylic acids is 1. The second-order valence-electron chi connectivity index (χ2n) is 4.13. The van der Waals surface area contributed by atoms with Crippen molar-refractivity contribution < 1.29 is 18.0 Å². The highest BCUT2D eigenvalue weighted by molar-refractivity contribution is 9.09. The van der Waals surface area contributed by atoms with E-state index in [1.165, 1.54) is 12.1 Å². The Bertz CT molecular complexity index is 434. The maximum atomic E-state index is 12.5. The Morgan fingerprint density at radius 3 is 2.68 bits per heavy atom. The van der Waals surface area contributed by atoms with E-state index >= 15 is 0 Å². The quantitative estimate of drug-likeness (QED) is 0.808. The van der Waals surface area contributed by atoms with Crippen LogP contribution in [-0.4, -0.2) is 17.3 Å². The first-order chi connectivity index (χ1) is 8.84. The van der Waals surface area contributed by atoms with Gasteiger partial charge in [0.1, 0.15) is 0 Å². The topological polar surface area (TPSA) is 29.1 Å². The van der Waals surface area contributed by atoms with Gasteiger partial charge in [-0.1, -0.05) is 28.9 Å². The summed E-state index contributed by atoms with van der Waals surface area (Å²) < 4.78 is 37.5. The van der Waals surface area contributed by atoms with Crippen molar-refractivity contribution >= 4 is 21.8 Å². The first kappa shape index (κ1) is 16.0. The molecule has 0 saturated heterocycles. The molecule has 1 amide bonds. The van der Waals surface area contributed by atoms with Crippen molar-refractivity contribution in [3.05, 3.63) is 35.4 Å². The van der Waals surface area contributed by atoms with Crippen LogP contribution in [0.15, 0.2) is 24.3 Å². The lowest BCUT2D eigenvalue weighted by Gasteiger charge is -2.10.